The summed E-state index contributed by atoms with van der Waals surface area (Å²) < 4.78 is 11.6. The zero-order chi connectivity index (χ0) is 16.5. The zero-order valence-corrected chi connectivity index (χ0v) is 14.3. The van der Waals surface area contributed by atoms with E-state index in [2.05, 4.69) is 36.2 Å². The first kappa shape index (κ1) is 15.9. The minimum Gasteiger partial charge on any atom is -0.375 e. The van der Waals surface area contributed by atoms with Crippen LogP contribution in [-0.2, 0) is 14.3 Å². The van der Waals surface area contributed by atoms with Crippen molar-refractivity contribution in [3.8, 4) is 0 Å². The van der Waals surface area contributed by atoms with Gasteiger partial charge in [0.2, 0.25) is 5.91 Å². The van der Waals surface area contributed by atoms with Gasteiger partial charge in [-0.3, -0.25) is 4.79 Å². The molecule has 4 unspecified atom stereocenters. The van der Waals surface area contributed by atoms with Crippen LogP contribution in [-0.4, -0.2) is 61.9 Å². The van der Waals surface area contributed by atoms with Gasteiger partial charge in [0.15, 0.2) is 0 Å². The van der Waals surface area contributed by atoms with Crippen molar-refractivity contribution >= 4 is 11.6 Å². The topological polar surface area (TPSA) is 42.0 Å². The molecular formula is C19H26N2O3. The smallest absolute Gasteiger partial charge is 0.225 e. The molecule has 4 atom stereocenters. The first-order valence-corrected chi connectivity index (χ1v) is 9.03. The number of fused-ring (bicyclic) bond motifs is 1. The van der Waals surface area contributed by atoms with E-state index in [4.69, 9.17) is 9.47 Å². The first-order chi connectivity index (χ1) is 11.7. The minimum atomic E-state index is 0.0405. The van der Waals surface area contributed by atoms with Crippen LogP contribution < -0.4 is 4.90 Å². The van der Waals surface area contributed by atoms with E-state index in [1.807, 2.05) is 11.0 Å². The monoisotopic (exact) mass is 330 g/mol. The number of likely N-dealkylation sites (tertiary alicyclic amines) is 1. The van der Waals surface area contributed by atoms with Crippen LogP contribution in [0, 0.1) is 0 Å². The van der Waals surface area contributed by atoms with Gasteiger partial charge in [-0.2, -0.15) is 0 Å². The van der Waals surface area contributed by atoms with Gasteiger partial charge in [0.1, 0.15) is 0 Å². The Morgan fingerprint density at radius 2 is 2.08 bits per heavy atom. The van der Waals surface area contributed by atoms with Crippen LogP contribution in [0.5, 0.6) is 0 Å². The lowest BCUT2D eigenvalue weighted by atomic mass is 10.1. The number of rotatable bonds is 4. The Labute approximate surface area is 143 Å². The molecule has 24 heavy (non-hydrogen) atoms. The van der Waals surface area contributed by atoms with Crippen molar-refractivity contribution in [1.29, 1.82) is 0 Å². The molecule has 0 saturated carbocycles. The summed E-state index contributed by atoms with van der Waals surface area (Å²) >= 11 is 0. The van der Waals surface area contributed by atoms with E-state index in [1.165, 1.54) is 5.69 Å². The van der Waals surface area contributed by atoms with Gasteiger partial charge in [0, 0.05) is 44.9 Å². The number of amides is 1. The Bertz CT molecular complexity index is 567. The third kappa shape index (κ3) is 3.15. The van der Waals surface area contributed by atoms with Crippen LogP contribution in [0.1, 0.15) is 25.7 Å². The van der Waals surface area contributed by atoms with Gasteiger partial charge in [-0.05, 0) is 25.0 Å². The summed E-state index contributed by atoms with van der Waals surface area (Å²) in [5, 5.41) is 0. The van der Waals surface area contributed by atoms with Crippen LogP contribution in [0.25, 0.3) is 0 Å². The maximum Gasteiger partial charge on any atom is 0.225 e. The Hall–Kier alpha value is -1.59. The average Bonchev–Trinajstić information content (AvgIpc) is 3.30. The van der Waals surface area contributed by atoms with Crippen molar-refractivity contribution < 1.29 is 14.3 Å². The van der Waals surface area contributed by atoms with Crippen molar-refractivity contribution in [3.63, 3.8) is 0 Å². The maximum absolute atomic E-state index is 12.6. The molecule has 5 heteroatoms. The highest BCUT2D eigenvalue weighted by molar-refractivity contribution is 5.77. The van der Waals surface area contributed by atoms with E-state index < -0.39 is 0 Å². The number of nitrogens with zero attached hydrogens (tertiary/aromatic N) is 2. The Morgan fingerprint density at radius 3 is 2.88 bits per heavy atom. The number of carbonyl (C=O) groups excluding carboxylic acids is 1. The van der Waals surface area contributed by atoms with Crippen LogP contribution in [0.3, 0.4) is 0 Å². The van der Waals surface area contributed by atoms with Crippen molar-refractivity contribution in [2.75, 3.05) is 31.6 Å². The molecule has 130 valence electrons. The second kappa shape index (κ2) is 6.73. The highest BCUT2D eigenvalue weighted by Crippen LogP contribution is 2.32. The lowest BCUT2D eigenvalue weighted by Gasteiger charge is -2.27. The lowest BCUT2D eigenvalue weighted by molar-refractivity contribution is -0.133. The lowest BCUT2D eigenvalue weighted by Crippen LogP contribution is -2.37. The number of para-hydroxylation sites is 1. The fraction of sp³-hybridized carbons (Fsp3) is 0.632. The number of ether oxygens (including phenoxy) is 2. The molecule has 0 aromatic heterocycles. The largest absolute Gasteiger partial charge is 0.375 e. The molecule has 5 nitrogen and oxygen atoms in total. The molecule has 0 spiro atoms. The van der Waals surface area contributed by atoms with Crippen molar-refractivity contribution in [1.82, 2.24) is 4.90 Å². The van der Waals surface area contributed by atoms with Crippen LogP contribution in [0.4, 0.5) is 5.69 Å². The summed E-state index contributed by atoms with van der Waals surface area (Å²) in [4.78, 5) is 16.9. The second-order valence-electron chi connectivity index (χ2n) is 7.16. The number of likely N-dealkylation sites (N-methyl/N-ethyl adjacent to an activating group) is 1. The standard InChI is InChI=1S/C19H26N2O3/c1-20(14-5-3-2-4-6-14)15-7-9-21(13-15)19(22)12-16-11-18-17(24-16)8-10-23-18/h2-6,15-18H,7-13H2,1H3. The molecule has 1 aromatic carbocycles. The third-order valence-corrected chi connectivity index (χ3v) is 5.64. The fourth-order valence-electron chi connectivity index (χ4n) is 4.18. The summed E-state index contributed by atoms with van der Waals surface area (Å²) in [6.45, 7) is 2.45. The quantitative estimate of drug-likeness (QED) is 0.847. The predicted molar refractivity (Wildman–Crippen MR) is 92.1 cm³/mol. The van der Waals surface area contributed by atoms with E-state index in [9.17, 15) is 4.79 Å². The molecule has 3 heterocycles. The number of hydrogen-bond donors (Lipinski definition) is 0. The molecular weight excluding hydrogens is 304 g/mol. The molecule has 1 aromatic rings. The molecule has 3 fully saturated rings. The Kier molecular flexibility index (Phi) is 4.46. The van der Waals surface area contributed by atoms with E-state index in [0.29, 0.717) is 12.5 Å². The van der Waals surface area contributed by atoms with Gasteiger partial charge in [-0.1, -0.05) is 18.2 Å². The van der Waals surface area contributed by atoms with Gasteiger partial charge in [-0.25, -0.2) is 0 Å². The Balaban J connectivity index is 1.29. The average molecular weight is 330 g/mol. The number of anilines is 1. The molecule has 1 amide bonds. The van der Waals surface area contributed by atoms with Gasteiger partial charge >= 0.3 is 0 Å². The third-order valence-electron chi connectivity index (χ3n) is 5.64. The summed E-state index contributed by atoms with van der Waals surface area (Å²) in [6.07, 6.45) is 3.85. The molecule has 0 aliphatic carbocycles. The predicted octanol–water partition coefficient (Wildman–Crippen LogP) is 2.06. The van der Waals surface area contributed by atoms with Gasteiger partial charge in [0.25, 0.3) is 0 Å². The number of benzene rings is 1. The van der Waals surface area contributed by atoms with Crippen LogP contribution >= 0.6 is 0 Å². The second-order valence-corrected chi connectivity index (χ2v) is 7.16. The molecule has 0 N–H and O–H groups in total. The van der Waals surface area contributed by atoms with Crippen molar-refractivity contribution in [3.05, 3.63) is 30.3 Å². The highest BCUT2D eigenvalue weighted by Gasteiger charge is 2.41. The molecule has 3 saturated heterocycles. The molecule has 3 aliphatic heterocycles. The Morgan fingerprint density at radius 1 is 1.25 bits per heavy atom. The summed E-state index contributed by atoms with van der Waals surface area (Å²) in [6, 6.07) is 10.8. The van der Waals surface area contributed by atoms with Gasteiger partial charge in [-0.15, -0.1) is 0 Å². The molecule has 0 radical (unpaired) electrons. The number of carbonyl (C=O) groups is 1. The van der Waals surface area contributed by atoms with Gasteiger partial charge < -0.3 is 19.3 Å². The van der Waals surface area contributed by atoms with Crippen molar-refractivity contribution in [2.24, 2.45) is 0 Å². The summed E-state index contributed by atoms with van der Waals surface area (Å²) in [7, 11) is 2.12. The summed E-state index contributed by atoms with van der Waals surface area (Å²) in [5.41, 5.74) is 1.21. The van der Waals surface area contributed by atoms with Crippen LogP contribution in [0.2, 0.25) is 0 Å². The van der Waals surface area contributed by atoms with E-state index in [-0.39, 0.29) is 24.2 Å². The highest BCUT2D eigenvalue weighted by atomic mass is 16.6. The fourth-order valence-corrected chi connectivity index (χ4v) is 4.18. The van der Waals surface area contributed by atoms with Gasteiger partial charge in [0.05, 0.1) is 24.7 Å². The van der Waals surface area contributed by atoms with E-state index >= 15 is 0 Å². The number of hydrogen-bond acceptors (Lipinski definition) is 4. The normalized spacial score (nSPS) is 32.1. The summed E-state index contributed by atoms with van der Waals surface area (Å²) in [5.74, 6) is 0.226. The van der Waals surface area contributed by atoms with Crippen molar-refractivity contribution in [2.45, 2.75) is 50.0 Å². The minimum absolute atomic E-state index is 0.0405. The van der Waals surface area contributed by atoms with E-state index in [0.717, 1.165) is 39.0 Å². The molecule has 0 bridgehead atoms. The SMILES string of the molecule is CN(c1ccccc1)C1CCN(C(=O)CC2CC3OCCC3O2)C1. The maximum atomic E-state index is 12.6. The van der Waals surface area contributed by atoms with Crippen LogP contribution in [0.15, 0.2) is 30.3 Å². The molecule has 3 aliphatic rings. The zero-order valence-electron chi connectivity index (χ0n) is 14.3. The first-order valence-electron chi connectivity index (χ1n) is 9.03. The molecule has 4 rings (SSSR count). The van der Waals surface area contributed by atoms with E-state index in [1.54, 1.807) is 0 Å².